The molecule has 0 spiro atoms. The number of carbonyl (C=O) groups is 9. The summed E-state index contributed by atoms with van der Waals surface area (Å²) in [6.07, 6.45) is -18.6. The number of aliphatic hydroxyl groups excluding tert-OH is 6. The minimum atomic E-state index is -2.36. The summed E-state index contributed by atoms with van der Waals surface area (Å²) < 4.78 is 44.0. The second kappa shape index (κ2) is 36.6. The minimum absolute atomic E-state index is 0.0143. The maximum atomic E-state index is 16.3. The largest absolute Gasteiger partial charge is 0.508 e. The molecule has 119 heavy (non-hydrogen) atoms. The van der Waals surface area contributed by atoms with Gasteiger partial charge in [-0.25, -0.2) is 0 Å². The molecule has 14 rings (SSSR count). The maximum Gasteiger partial charge on any atom is 0.251 e. The van der Waals surface area contributed by atoms with Crippen LogP contribution in [0.4, 0.5) is 0 Å². The molecule has 18 atom stereocenters. The van der Waals surface area contributed by atoms with Crippen molar-refractivity contribution in [2.24, 2.45) is 17.4 Å². The molecule has 2 saturated heterocycles. The zero-order valence-corrected chi connectivity index (χ0v) is 66.3. The summed E-state index contributed by atoms with van der Waals surface area (Å²) in [7, 11) is 3.00. The summed E-state index contributed by atoms with van der Waals surface area (Å²) >= 11 is 14.3. The summed E-state index contributed by atoms with van der Waals surface area (Å²) in [5, 5.41) is 130. The van der Waals surface area contributed by atoms with Crippen LogP contribution in [0.3, 0.4) is 0 Å². The Morgan fingerprint density at radius 2 is 1.30 bits per heavy atom. The fourth-order valence-corrected chi connectivity index (χ4v) is 15.2. The van der Waals surface area contributed by atoms with Gasteiger partial charge in [-0.15, -0.1) is 0 Å². The molecular weight excluding hydrogens is 1600 g/mol. The van der Waals surface area contributed by atoms with E-state index in [0.29, 0.717) is 11.3 Å². The van der Waals surface area contributed by atoms with E-state index in [1.54, 1.807) is 36.4 Å². The number of aromatic hydroxyl groups is 3. The van der Waals surface area contributed by atoms with Crippen LogP contribution in [-0.2, 0) is 52.6 Å². The van der Waals surface area contributed by atoms with Crippen LogP contribution >= 0.6 is 23.2 Å². The summed E-state index contributed by atoms with van der Waals surface area (Å²) in [4.78, 5) is 134. The Labute approximate surface area is 689 Å². The fraction of sp³-hybridized carbons (Fsp3) is 0.395. The molecule has 0 aromatic heterocycles. The Kier molecular flexibility index (Phi) is 26.8. The molecule has 0 saturated carbocycles. The molecule has 7 aromatic rings. The quantitative estimate of drug-likeness (QED) is 0.0516. The average molecular weight is 1690 g/mol. The van der Waals surface area contributed by atoms with Crippen molar-refractivity contribution in [2.45, 2.75) is 163 Å². The molecule has 7 aromatic carbocycles. The van der Waals surface area contributed by atoms with Gasteiger partial charge in [0.05, 0.1) is 48.4 Å². The van der Waals surface area contributed by atoms with Crippen LogP contribution in [0, 0.1) is 5.92 Å². The van der Waals surface area contributed by atoms with Gasteiger partial charge < -0.3 is 138 Å². The Hall–Kier alpha value is -11.2. The zero-order chi connectivity index (χ0) is 85.9. The van der Waals surface area contributed by atoms with Crippen molar-refractivity contribution in [1.29, 1.82) is 0 Å². The van der Waals surface area contributed by atoms with Gasteiger partial charge in [-0.2, -0.15) is 0 Å². The first-order valence-corrected chi connectivity index (χ1v) is 38.7. The van der Waals surface area contributed by atoms with Crippen LogP contribution < -0.4 is 78.3 Å². The Bertz CT molecular complexity index is 5080. The van der Waals surface area contributed by atoms with E-state index in [1.165, 1.54) is 46.2 Å². The number of methoxy groups -OCH3 is 1. The third-order valence-corrected chi connectivity index (χ3v) is 21.6. The van der Waals surface area contributed by atoms with Crippen molar-refractivity contribution in [2.75, 3.05) is 33.9 Å². The number of phenols is 3. The number of hydrogen-bond donors (Lipinski definition) is 20. The lowest BCUT2D eigenvalue weighted by atomic mass is 9.86. The lowest BCUT2D eigenvalue weighted by Gasteiger charge is -2.47. The molecule has 634 valence electrons. The number of nitrogens with two attached hydrogens (primary N) is 2. The van der Waals surface area contributed by atoms with Gasteiger partial charge in [-0.3, -0.25) is 43.2 Å². The summed E-state index contributed by atoms with van der Waals surface area (Å²) in [5.41, 5.74) is 8.71. The fourth-order valence-electron chi connectivity index (χ4n) is 14.7. The first-order chi connectivity index (χ1) is 56.5. The smallest absolute Gasteiger partial charge is 0.251 e. The second-order valence-electron chi connectivity index (χ2n) is 30.2. The third-order valence-electron chi connectivity index (χ3n) is 21.0. The lowest BCUT2D eigenvalue weighted by Crippen LogP contribution is -2.64. The normalized spacial score (nSPS) is 26.7. The van der Waals surface area contributed by atoms with Gasteiger partial charge in [-0.1, -0.05) is 67.4 Å². The number of amides is 9. The number of ether oxygens (including phenoxy) is 7. The number of benzene rings is 7. The molecule has 11 bridgehead atoms. The number of carbonyl (C=O) groups excluding carboxylic acids is 9. The van der Waals surface area contributed by atoms with Crippen LogP contribution in [0.15, 0.2) is 115 Å². The maximum absolute atomic E-state index is 16.3. The number of phenolic OH excluding ortho intramolecular Hbond substituents is 3. The summed E-state index contributed by atoms with van der Waals surface area (Å²) in [5.74, 6) is -14.9. The highest BCUT2D eigenvalue weighted by atomic mass is 35.5. The molecule has 22 N–H and O–H groups in total. The van der Waals surface area contributed by atoms with E-state index in [2.05, 4.69) is 47.9 Å². The molecule has 7 aliphatic heterocycles. The van der Waals surface area contributed by atoms with Crippen LogP contribution in [0.25, 0.3) is 21.9 Å². The molecule has 36 nitrogen and oxygen atoms in total. The summed E-state index contributed by atoms with van der Waals surface area (Å²) in [6.45, 7) is 5.43. The van der Waals surface area contributed by atoms with Crippen molar-refractivity contribution in [3.63, 3.8) is 0 Å². The van der Waals surface area contributed by atoms with E-state index in [-0.39, 0.29) is 65.7 Å². The van der Waals surface area contributed by atoms with E-state index < -0.39 is 243 Å². The predicted octanol–water partition coefficient (Wildman–Crippen LogP) is 2.12. The number of aliphatic hydroxyl groups is 6. The van der Waals surface area contributed by atoms with Crippen molar-refractivity contribution < 1.29 is 122 Å². The standard InChI is InChI=1S/C81H91Cl2N11O25/c1-33(2)20-48(86-5)73(106)93-63-65(100)38-12-16-52(46(82)24-38)115-54-26-41-27-55(69(54)119-80-70(68(103)67(102)56(32-95)117-80)118-58-31-81(4,85)71(104)34(3)114-58)116-53-17-13-39(25-47(53)83)66(101)64-79(112)92-62(75(108)88-19-7-18-87-72(105)40-9-8-36-22-43(113-6)14-10-35(36)21-40)45-28-42(96)29-51(98)59(45)44-23-37(11-15-50(44)97)60(76(109)94-64)91-77(110)61(41)90-74(107)49(30-57(84)99)89-78(63)111/h8-17,21-29,33-34,48-49,56,58,60-68,70-71,80,86,95-98,100-104H,7,18-20,30-32,85H2,1-6H3,(H2,84,99)(H,87,105)(H,88,108)(H,89,111)(H,90,107)(H,91,110)(H,92,112)(H,93,106)(H,94,109)/t34-,48+,49-,56+,58?,60+,61?,62?,63+,64-,65+,66+,67+,68-,70+,71+,80-,81-/m0/s1. The highest BCUT2D eigenvalue weighted by Gasteiger charge is 2.52. The number of halogens is 2. The highest BCUT2D eigenvalue weighted by Crippen LogP contribution is 2.50. The Balaban J connectivity index is 1.01. The monoisotopic (exact) mass is 1690 g/mol. The topological polar surface area (TPSA) is 561 Å². The van der Waals surface area contributed by atoms with Crippen molar-refractivity contribution in [3.8, 4) is 62.9 Å². The van der Waals surface area contributed by atoms with Crippen molar-refractivity contribution in [1.82, 2.24) is 47.9 Å². The van der Waals surface area contributed by atoms with E-state index in [0.717, 1.165) is 71.4 Å². The van der Waals surface area contributed by atoms with E-state index in [4.69, 9.17) is 67.8 Å². The Morgan fingerprint density at radius 3 is 1.94 bits per heavy atom. The molecule has 7 aliphatic rings. The molecule has 0 radical (unpaired) electrons. The summed E-state index contributed by atoms with van der Waals surface area (Å²) in [6, 6.07) is 10.3. The Morgan fingerprint density at radius 1 is 0.672 bits per heavy atom. The lowest BCUT2D eigenvalue weighted by molar-refractivity contribution is -0.333. The number of hydrogen-bond acceptors (Lipinski definition) is 27. The van der Waals surface area contributed by atoms with Crippen LogP contribution in [0.2, 0.25) is 10.0 Å². The molecule has 3 unspecified atom stereocenters. The van der Waals surface area contributed by atoms with Gasteiger partial charge in [0.15, 0.2) is 23.9 Å². The molecule has 9 amide bonds. The van der Waals surface area contributed by atoms with Crippen molar-refractivity contribution in [3.05, 3.63) is 159 Å². The van der Waals surface area contributed by atoms with E-state index in [9.17, 15) is 69.9 Å². The van der Waals surface area contributed by atoms with E-state index >= 15 is 19.2 Å². The average Bonchev–Trinajstić information content (AvgIpc) is 0.762. The number of fused-ring (bicyclic) bond motifs is 16. The SMILES string of the molecule is CN[C@H](CC(C)C)C(=O)N[C@H]1C(=O)N[C@@H](CC(N)=O)C(=O)NC2C(=O)N[C@H]3C(=O)N[C@H](C(=O)NC(C(=O)NCCCNC(=O)c4ccc5cc(OC)ccc5c4)c4cc(O)cc(O)c4-c4cc3ccc4O)[C@H](O)c3ccc(c(Cl)c3)Oc3cc2cc(c3O[C@@H]2O[C@H](CO)[C@@H](O)[C@H](O)[C@H]2OC2C[C@](C)(N)[C@H](O)[C@H](C)O2)Oc2ccc(cc2Cl)[C@H]1O. The first kappa shape index (κ1) is 87.1. The number of rotatable bonds is 19. The highest BCUT2D eigenvalue weighted by molar-refractivity contribution is 6.32. The molecule has 38 heteroatoms. The number of primary amides is 1. The van der Waals surface area contributed by atoms with Gasteiger partial charge in [-0.05, 0) is 157 Å². The number of nitrogens with one attached hydrogen (secondary N) is 9. The van der Waals surface area contributed by atoms with E-state index in [1.807, 2.05) is 13.8 Å². The van der Waals surface area contributed by atoms with Gasteiger partial charge in [0, 0.05) is 47.8 Å². The van der Waals surface area contributed by atoms with Gasteiger partial charge in [0.1, 0.15) is 101 Å². The molecule has 2 fully saturated rings. The van der Waals surface area contributed by atoms with Crippen molar-refractivity contribution >= 4 is 87.1 Å². The second-order valence-corrected chi connectivity index (χ2v) is 31.0. The molecule has 0 aliphatic carbocycles. The minimum Gasteiger partial charge on any atom is -0.508 e. The number of likely N-dealkylation sites (N-methyl/N-ethyl adjacent to an activating group) is 1. The zero-order valence-electron chi connectivity index (χ0n) is 64.8. The predicted molar refractivity (Wildman–Crippen MR) is 422 cm³/mol. The van der Waals surface area contributed by atoms with Gasteiger partial charge >= 0.3 is 0 Å². The van der Waals surface area contributed by atoms with Gasteiger partial charge in [0.2, 0.25) is 59.3 Å². The van der Waals surface area contributed by atoms with Crippen LogP contribution in [0.1, 0.15) is 122 Å². The first-order valence-electron chi connectivity index (χ1n) is 37.9. The molecular formula is C81H91Cl2N11O25. The third kappa shape index (κ3) is 19.2. The molecule has 7 heterocycles. The van der Waals surface area contributed by atoms with Gasteiger partial charge in [0.25, 0.3) is 5.91 Å². The van der Waals surface area contributed by atoms with Crippen LogP contribution in [0.5, 0.6) is 51.7 Å². The van der Waals surface area contributed by atoms with Crippen LogP contribution in [-0.4, -0.2) is 212 Å².